The Morgan fingerprint density at radius 3 is 2.78 bits per heavy atom. The van der Waals surface area contributed by atoms with Crippen LogP contribution in [0.25, 0.3) is 0 Å². The summed E-state index contributed by atoms with van der Waals surface area (Å²) >= 11 is 3.56. The highest BCUT2D eigenvalue weighted by Crippen LogP contribution is 2.29. The van der Waals surface area contributed by atoms with Crippen LogP contribution in [-0.4, -0.2) is 7.05 Å². The Morgan fingerprint density at radius 1 is 1.17 bits per heavy atom. The minimum Gasteiger partial charge on any atom is -0.310 e. The van der Waals surface area contributed by atoms with Crippen LogP contribution in [-0.2, 0) is 0 Å². The van der Waals surface area contributed by atoms with Gasteiger partial charge in [-0.25, -0.2) is 0 Å². The van der Waals surface area contributed by atoms with Crippen LogP contribution in [0, 0.1) is 0 Å². The van der Waals surface area contributed by atoms with E-state index in [0.29, 0.717) is 6.04 Å². The number of benzene rings is 1. The van der Waals surface area contributed by atoms with E-state index < -0.39 is 0 Å². The van der Waals surface area contributed by atoms with Crippen molar-refractivity contribution < 1.29 is 0 Å². The number of nitrogens with one attached hydrogen (secondary N) is 1. The third-order valence-electron chi connectivity index (χ3n) is 3.67. The number of allylic oxidation sites excluding steroid dienone is 1. The lowest BCUT2D eigenvalue weighted by Gasteiger charge is -2.22. The van der Waals surface area contributed by atoms with Crippen molar-refractivity contribution in [1.29, 1.82) is 0 Å². The van der Waals surface area contributed by atoms with Gasteiger partial charge in [0.1, 0.15) is 0 Å². The normalized spacial score (nSPS) is 21.6. The van der Waals surface area contributed by atoms with Gasteiger partial charge in [-0.3, -0.25) is 0 Å². The molecule has 2 heteroatoms. The van der Waals surface area contributed by atoms with Crippen LogP contribution in [0.2, 0.25) is 0 Å². The summed E-state index contributed by atoms with van der Waals surface area (Å²) in [6, 6.07) is 9.02. The van der Waals surface area contributed by atoms with Crippen molar-refractivity contribution >= 4 is 15.9 Å². The summed E-state index contributed by atoms with van der Waals surface area (Å²) in [4.78, 5) is 0. The highest BCUT2D eigenvalue weighted by molar-refractivity contribution is 9.10. The fourth-order valence-corrected chi connectivity index (χ4v) is 3.15. The summed E-state index contributed by atoms with van der Waals surface area (Å²) in [5.41, 5.74) is 2.92. The number of likely N-dealkylation sites (N-methyl/N-ethyl adjacent to an activating group) is 1. The predicted molar refractivity (Wildman–Crippen MR) is 81.7 cm³/mol. The zero-order valence-electron chi connectivity index (χ0n) is 11.1. The average molecular weight is 308 g/mol. The second kappa shape index (κ2) is 7.10. The summed E-state index contributed by atoms with van der Waals surface area (Å²) in [7, 11) is 2.06. The van der Waals surface area contributed by atoms with Crippen LogP contribution < -0.4 is 5.32 Å². The molecule has 1 aliphatic carbocycles. The van der Waals surface area contributed by atoms with Crippen LogP contribution >= 0.6 is 15.9 Å². The number of halogens is 1. The molecule has 0 amide bonds. The van der Waals surface area contributed by atoms with Crippen molar-refractivity contribution in [2.75, 3.05) is 7.05 Å². The van der Waals surface area contributed by atoms with Crippen molar-refractivity contribution in [1.82, 2.24) is 5.32 Å². The average Bonchev–Trinajstić information content (AvgIpc) is 2.32. The predicted octanol–water partition coefficient (Wildman–Crippen LogP) is 4.99. The Kier molecular flexibility index (Phi) is 5.45. The van der Waals surface area contributed by atoms with Gasteiger partial charge in [-0.2, -0.15) is 0 Å². The molecular formula is C16H22BrN. The monoisotopic (exact) mass is 307 g/mol. The Bertz CT molecular complexity index is 411. The van der Waals surface area contributed by atoms with Gasteiger partial charge < -0.3 is 5.32 Å². The van der Waals surface area contributed by atoms with E-state index in [0.717, 1.165) is 4.47 Å². The molecule has 1 nitrogen and oxygen atoms in total. The van der Waals surface area contributed by atoms with Gasteiger partial charge in [-0.1, -0.05) is 52.6 Å². The highest BCUT2D eigenvalue weighted by Gasteiger charge is 2.15. The van der Waals surface area contributed by atoms with Crippen molar-refractivity contribution in [2.45, 2.75) is 44.6 Å². The Hall–Kier alpha value is -0.600. The standard InChI is InChI=1S/C16H22BrN/c1-18-16(14-10-7-11-15(17)12-14)13-8-5-3-2-4-6-9-13/h7-8,10-12,16,18H,2-6,9H2,1H3/b13-8+. The minimum absolute atomic E-state index is 0.376. The molecule has 1 aromatic carbocycles. The third kappa shape index (κ3) is 3.69. The van der Waals surface area contributed by atoms with Gasteiger partial charge in [-0.05, 0) is 50.4 Å². The molecule has 0 radical (unpaired) electrons. The lowest BCUT2D eigenvalue weighted by atomic mass is 9.91. The molecule has 98 valence electrons. The van der Waals surface area contributed by atoms with Gasteiger partial charge in [0.25, 0.3) is 0 Å². The SMILES string of the molecule is CNC(/C1=C/CCCCCC1)c1cccc(Br)c1. The second-order valence-electron chi connectivity index (χ2n) is 5.01. The van der Waals surface area contributed by atoms with Gasteiger partial charge >= 0.3 is 0 Å². The fourth-order valence-electron chi connectivity index (χ4n) is 2.73. The van der Waals surface area contributed by atoms with Gasteiger partial charge in [-0.15, -0.1) is 0 Å². The maximum atomic E-state index is 3.56. The zero-order chi connectivity index (χ0) is 12.8. The summed E-state index contributed by atoms with van der Waals surface area (Å²) in [6.07, 6.45) is 10.4. The summed E-state index contributed by atoms with van der Waals surface area (Å²) < 4.78 is 1.16. The first-order valence-corrected chi connectivity index (χ1v) is 7.72. The van der Waals surface area contributed by atoms with Crippen molar-refractivity contribution in [3.63, 3.8) is 0 Å². The van der Waals surface area contributed by atoms with Crippen LogP contribution in [0.1, 0.15) is 50.1 Å². The van der Waals surface area contributed by atoms with Crippen LogP contribution in [0.4, 0.5) is 0 Å². The van der Waals surface area contributed by atoms with Crippen LogP contribution in [0.15, 0.2) is 40.4 Å². The summed E-state index contributed by atoms with van der Waals surface area (Å²) in [5.74, 6) is 0. The molecule has 1 unspecified atom stereocenters. The lowest BCUT2D eigenvalue weighted by Crippen LogP contribution is -2.19. The molecule has 1 atom stereocenters. The van der Waals surface area contributed by atoms with E-state index in [1.807, 2.05) is 0 Å². The summed E-state index contributed by atoms with van der Waals surface area (Å²) in [6.45, 7) is 0. The smallest absolute Gasteiger partial charge is 0.0534 e. The van der Waals surface area contributed by atoms with E-state index in [1.165, 1.54) is 44.1 Å². The molecule has 0 saturated heterocycles. The van der Waals surface area contributed by atoms with E-state index in [9.17, 15) is 0 Å². The highest BCUT2D eigenvalue weighted by atomic mass is 79.9. The molecule has 0 aliphatic heterocycles. The first kappa shape index (κ1) is 13.8. The molecule has 2 rings (SSSR count). The third-order valence-corrected chi connectivity index (χ3v) is 4.16. The van der Waals surface area contributed by atoms with E-state index in [1.54, 1.807) is 5.57 Å². The molecule has 1 aromatic rings. The van der Waals surface area contributed by atoms with Gasteiger partial charge in [0.2, 0.25) is 0 Å². The molecule has 1 N–H and O–H groups in total. The molecule has 0 spiro atoms. The maximum Gasteiger partial charge on any atom is 0.0534 e. The van der Waals surface area contributed by atoms with Crippen molar-refractivity contribution in [3.8, 4) is 0 Å². The summed E-state index contributed by atoms with van der Waals surface area (Å²) in [5, 5.41) is 3.47. The van der Waals surface area contributed by atoms with E-state index in [-0.39, 0.29) is 0 Å². The fraction of sp³-hybridized carbons (Fsp3) is 0.500. The molecule has 0 aromatic heterocycles. The topological polar surface area (TPSA) is 12.0 Å². The first-order valence-electron chi connectivity index (χ1n) is 6.93. The molecule has 1 aliphatic rings. The Balaban J connectivity index is 2.21. The van der Waals surface area contributed by atoms with Crippen LogP contribution in [0.5, 0.6) is 0 Å². The molecule has 0 bridgehead atoms. The number of rotatable bonds is 3. The van der Waals surface area contributed by atoms with E-state index in [2.05, 4.69) is 58.6 Å². The maximum absolute atomic E-state index is 3.56. The minimum atomic E-state index is 0.376. The van der Waals surface area contributed by atoms with Gasteiger partial charge in [0.05, 0.1) is 6.04 Å². The van der Waals surface area contributed by atoms with Crippen molar-refractivity contribution in [2.24, 2.45) is 0 Å². The van der Waals surface area contributed by atoms with Crippen molar-refractivity contribution in [3.05, 3.63) is 46.0 Å². The number of hydrogen-bond donors (Lipinski definition) is 1. The molecule has 18 heavy (non-hydrogen) atoms. The lowest BCUT2D eigenvalue weighted by molar-refractivity contribution is 0.574. The van der Waals surface area contributed by atoms with E-state index in [4.69, 9.17) is 0 Å². The first-order chi connectivity index (χ1) is 8.81. The van der Waals surface area contributed by atoms with Gasteiger partial charge in [0, 0.05) is 4.47 Å². The van der Waals surface area contributed by atoms with Gasteiger partial charge in [0.15, 0.2) is 0 Å². The Labute approximate surface area is 119 Å². The molecule has 0 fully saturated rings. The Morgan fingerprint density at radius 2 is 2.00 bits per heavy atom. The van der Waals surface area contributed by atoms with E-state index >= 15 is 0 Å². The van der Waals surface area contributed by atoms with Crippen LogP contribution in [0.3, 0.4) is 0 Å². The zero-order valence-corrected chi connectivity index (χ0v) is 12.7. The largest absolute Gasteiger partial charge is 0.310 e. The molecule has 0 saturated carbocycles. The quantitative estimate of drug-likeness (QED) is 0.776. The second-order valence-corrected chi connectivity index (χ2v) is 5.92. The molecular weight excluding hydrogens is 286 g/mol. The molecule has 0 heterocycles. The number of hydrogen-bond acceptors (Lipinski definition) is 1.